The third kappa shape index (κ3) is 4.45. The highest BCUT2D eigenvalue weighted by atomic mass is 32.2. The number of rotatable bonds is 3. The van der Waals surface area contributed by atoms with Crippen LogP contribution in [0.25, 0.3) is 0 Å². The number of ether oxygens (including phenoxy) is 1. The van der Waals surface area contributed by atoms with Crippen LogP contribution in [0.2, 0.25) is 0 Å². The quantitative estimate of drug-likeness (QED) is 0.871. The van der Waals surface area contributed by atoms with Crippen molar-refractivity contribution in [3.63, 3.8) is 0 Å². The Bertz CT molecular complexity index is 962. The van der Waals surface area contributed by atoms with E-state index < -0.39 is 15.9 Å². The fourth-order valence-electron chi connectivity index (χ4n) is 2.99. The second-order valence-corrected chi connectivity index (χ2v) is 8.50. The van der Waals surface area contributed by atoms with Crippen molar-refractivity contribution in [2.45, 2.75) is 17.9 Å². The van der Waals surface area contributed by atoms with Crippen molar-refractivity contribution in [2.24, 2.45) is 0 Å². The normalized spacial score (nSPS) is 17.6. The van der Waals surface area contributed by atoms with E-state index in [0.29, 0.717) is 18.7 Å². The van der Waals surface area contributed by atoms with Crippen LogP contribution in [-0.2, 0) is 14.6 Å². The monoisotopic (exact) mass is 392 g/mol. The van der Waals surface area contributed by atoms with Gasteiger partial charge in [0, 0.05) is 12.8 Å². The van der Waals surface area contributed by atoms with Gasteiger partial charge in [0.05, 0.1) is 23.7 Å². The van der Waals surface area contributed by atoms with Crippen molar-refractivity contribution >= 4 is 21.6 Å². The first-order valence-corrected chi connectivity index (χ1v) is 10.4. The summed E-state index contributed by atoms with van der Waals surface area (Å²) in [6, 6.07) is 10.6. The van der Waals surface area contributed by atoms with Gasteiger partial charge in [0.25, 0.3) is 0 Å². The number of amides is 2. The molecular formula is C19H21FN2O4S. The lowest BCUT2D eigenvalue weighted by Crippen LogP contribution is -2.44. The number of aryl methyl sites for hydroxylation is 1. The summed E-state index contributed by atoms with van der Waals surface area (Å²) in [5.41, 5.74) is 1.55. The van der Waals surface area contributed by atoms with Gasteiger partial charge in [-0.2, -0.15) is 0 Å². The molecule has 27 heavy (non-hydrogen) atoms. The Morgan fingerprint density at radius 1 is 1.26 bits per heavy atom. The molecule has 0 aliphatic carbocycles. The standard InChI is InChI=1S/C19H21FN2O4S/c1-13-11-14(7-8-15(13)20)17-12-22(9-10-26-17)19(23)21-16-5-3-4-6-18(16)27(2,24)25/h3-8,11,17H,9-10,12H2,1-2H3,(H,21,23). The fourth-order valence-corrected chi connectivity index (χ4v) is 3.84. The molecule has 144 valence electrons. The fraction of sp³-hybridized carbons (Fsp3) is 0.316. The van der Waals surface area contributed by atoms with E-state index in [9.17, 15) is 17.6 Å². The number of para-hydroxylation sites is 1. The Labute approximate surface area is 157 Å². The maximum absolute atomic E-state index is 13.5. The molecule has 6 nitrogen and oxygen atoms in total. The van der Waals surface area contributed by atoms with Gasteiger partial charge < -0.3 is 15.0 Å². The maximum atomic E-state index is 13.5. The summed E-state index contributed by atoms with van der Waals surface area (Å²) in [6.45, 7) is 2.68. The van der Waals surface area contributed by atoms with E-state index in [1.165, 1.54) is 12.1 Å². The van der Waals surface area contributed by atoms with Crippen LogP contribution in [0.5, 0.6) is 0 Å². The smallest absolute Gasteiger partial charge is 0.322 e. The topological polar surface area (TPSA) is 75.7 Å². The van der Waals surface area contributed by atoms with E-state index in [0.717, 1.165) is 11.8 Å². The van der Waals surface area contributed by atoms with Gasteiger partial charge in [-0.1, -0.05) is 24.3 Å². The number of morpholine rings is 1. The Morgan fingerprint density at radius 3 is 2.70 bits per heavy atom. The minimum atomic E-state index is -3.47. The van der Waals surface area contributed by atoms with Crippen molar-refractivity contribution < 1.29 is 22.3 Å². The molecule has 1 saturated heterocycles. The highest BCUT2D eigenvalue weighted by Crippen LogP contribution is 2.25. The summed E-state index contributed by atoms with van der Waals surface area (Å²) in [5, 5.41) is 2.67. The number of halogens is 1. The molecule has 0 bridgehead atoms. The number of anilines is 1. The Hall–Kier alpha value is -2.45. The first-order valence-electron chi connectivity index (χ1n) is 8.48. The summed E-state index contributed by atoms with van der Waals surface area (Å²) in [5.74, 6) is -0.290. The summed E-state index contributed by atoms with van der Waals surface area (Å²) >= 11 is 0. The van der Waals surface area contributed by atoms with Crippen LogP contribution >= 0.6 is 0 Å². The van der Waals surface area contributed by atoms with Crippen molar-refractivity contribution in [1.82, 2.24) is 4.90 Å². The van der Waals surface area contributed by atoms with Gasteiger partial charge in [-0.25, -0.2) is 17.6 Å². The largest absolute Gasteiger partial charge is 0.370 e. The van der Waals surface area contributed by atoms with Gasteiger partial charge in [0.1, 0.15) is 11.9 Å². The van der Waals surface area contributed by atoms with Gasteiger partial charge in [-0.15, -0.1) is 0 Å². The molecule has 0 radical (unpaired) electrons. The minimum Gasteiger partial charge on any atom is -0.370 e. The average molecular weight is 392 g/mol. The van der Waals surface area contributed by atoms with Crippen LogP contribution in [0.1, 0.15) is 17.2 Å². The molecule has 0 spiro atoms. The van der Waals surface area contributed by atoms with E-state index >= 15 is 0 Å². The number of carbonyl (C=O) groups excluding carboxylic acids is 1. The molecule has 1 fully saturated rings. The van der Waals surface area contributed by atoms with Gasteiger partial charge in [0.2, 0.25) is 0 Å². The molecule has 1 unspecified atom stereocenters. The number of nitrogens with one attached hydrogen (secondary N) is 1. The Morgan fingerprint density at radius 2 is 2.00 bits per heavy atom. The molecule has 0 saturated carbocycles. The molecular weight excluding hydrogens is 371 g/mol. The zero-order chi connectivity index (χ0) is 19.6. The first kappa shape index (κ1) is 19.3. The Balaban J connectivity index is 1.75. The predicted octanol–water partition coefficient (Wildman–Crippen LogP) is 3.14. The SMILES string of the molecule is Cc1cc(C2CN(C(=O)Nc3ccccc3S(C)(=O)=O)CCO2)ccc1F. The number of carbonyl (C=O) groups is 1. The highest BCUT2D eigenvalue weighted by molar-refractivity contribution is 7.90. The van der Waals surface area contributed by atoms with E-state index in [2.05, 4.69) is 5.32 Å². The van der Waals surface area contributed by atoms with E-state index in [1.807, 2.05) is 0 Å². The van der Waals surface area contributed by atoms with Crippen molar-refractivity contribution in [3.05, 3.63) is 59.4 Å². The highest BCUT2D eigenvalue weighted by Gasteiger charge is 2.26. The molecule has 3 rings (SSSR count). The first-order chi connectivity index (χ1) is 12.8. The van der Waals surface area contributed by atoms with Gasteiger partial charge >= 0.3 is 6.03 Å². The summed E-state index contributed by atoms with van der Waals surface area (Å²) < 4.78 is 43.0. The van der Waals surface area contributed by atoms with Crippen LogP contribution in [0, 0.1) is 12.7 Å². The van der Waals surface area contributed by atoms with E-state index in [-0.39, 0.29) is 29.0 Å². The van der Waals surface area contributed by atoms with E-state index in [4.69, 9.17) is 4.74 Å². The van der Waals surface area contributed by atoms with Gasteiger partial charge in [0.15, 0.2) is 9.84 Å². The van der Waals surface area contributed by atoms with Crippen LogP contribution in [0.4, 0.5) is 14.9 Å². The number of hydrogen-bond acceptors (Lipinski definition) is 4. The lowest BCUT2D eigenvalue weighted by molar-refractivity contribution is -0.0135. The van der Waals surface area contributed by atoms with Crippen molar-refractivity contribution in [2.75, 3.05) is 31.3 Å². The Kier molecular flexibility index (Phi) is 5.48. The second-order valence-electron chi connectivity index (χ2n) is 6.51. The zero-order valence-corrected chi connectivity index (χ0v) is 15.9. The summed E-state index contributed by atoms with van der Waals surface area (Å²) in [7, 11) is -3.47. The summed E-state index contributed by atoms with van der Waals surface area (Å²) in [4.78, 5) is 14.3. The third-order valence-corrected chi connectivity index (χ3v) is 5.59. The molecule has 1 N–H and O–H groups in total. The average Bonchev–Trinajstić information content (AvgIpc) is 2.63. The number of benzene rings is 2. The lowest BCUT2D eigenvalue weighted by Gasteiger charge is -2.33. The zero-order valence-electron chi connectivity index (χ0n) is 15.1. The molecule has 1 atom stereocenters. The molecule has 2 aromatic rings. The molecule has 8 heteroatoms. The van der Waals surface area contributed by atoms with Crippen molar-refractivity contribution in [3.8, 4) is 0 Å². The summed E-state index contributed by atoms with van der Waals surface area (Å²) in [6.07, 6.45) is 0.730. The molecule has 1 aliphatic heterocycles. The predicted molar refractivity (Wildman–Crippen MR) is 100.0 cm³/mol. The van der Waals surface area contributed by atoms with Crippen LogP contribution in [0.3, 0.4) is 0 Å². The minimum absolute atomic E-state index is 0.0670. The van der Waals surface area contributed by atoms with E-state index in [1.54, 1.807) is 42.2 Å². The molecule has 1 heterocycles. The second kappa shape index (κ2) is 7.66. The number of nitrogens with zero attached hydrogens (tertiary/aromatic N) is 1. The molecule has 1 aliphatic rings. The maximum Gasteiger partial charge on any atom is 0.322 e. The van der Waals surface area contributed by atoms with Crippen LogP contribution in [-0.4, -0.2) is 45.3 Å². The van der Waals surface area contributed by atoms with Gasteiger partial charge in [-0.3, -0.25) is 0 Å². The number of urea groups is 1. The van der Waals surface area contributed by atoms with Gasteiger partial charge in [-0.05, 0) is 36.2 Å². The number of hydrogen-bond donors (Lipinski definition) is 1. The third-order valence-electron chi connectivity index (χ3n) is 4.44. The molecule has 2 amide bonds. The number of sulfone groups is 1. The van der Waals surface area contributed by atoms with Crippen molar-refractivity contribution in [1.29, 1.82) is 0 Å². The molecule has 2 aromatic carbocycles. The lowest BCUT2D eigenvalue weighted by atomic mass is 10.0. The van der Waals surface area contributed by atoms with Crippen LogP contribution in [0.15, 0.2) is 47.4 Å². The molecule has 0 aromatic heterocycles. The van der Waals surface area contributed by atoms with Crippen LogP contribution < -0.4 is 5.32 Å².